The van der Waals surface area contributed by atoms with Crippen molar-refractivity contribution in [3.63, 3.8) is 0 Å². The van der Waals surface area contributed by atoms with Crippen LogP contribution in [-0.2, 0) is 9.84 Å². The van der Waals surface area contributed by atoms with Gasteiger partial charge < -0.3 is 11.1 Å². The van der Waals surface area contributed by atoms with Crippen molar-refractivity contribution in [3.8, 4) is 0 Å². The summed E-state index contributed by atoms with van der Waals surface area (Å²) in [6.45, 7) is 4.97. The molecule has 5 heteroatoms. The second kappa shape index (κ2) is 4.21. The molecule has 2 aliphatic rings. The lowest BCUT2D eigenvalue weighted by molar-refractivity contribution is 0.300. The molecule has 1 heterocycles. The van der Waals surface area contributed by atoms with E-state index < -0.39 is 9.84 Å². The molecule has 2 atom stereocenters. The first-order valence-electron chi connectivity index (χ1n) is 6.44. The fraction of sp³-hybridized carbons (Fsp3) is 1.00. The highest BCUT2D eigenvalue weighted by atomic mass is 32.2. The number of sulfone groups is 1. The molecule has 2 unspecified atom stereocenters. The van der Waals surface area contributed by atoms with Crippen LogP contribution in [0.1, 0.15) is 39.5 Å². The molecule has 2 fully saturated rings. The topological polar surface area (TPSA) is 72.2 Å². The van der Waals surface area contributed by atoms with Crippen molar-refractivity contribution in [1.82, 2.24) is 5.32 Å². The maximum absolute atomic E-state index is 11.6. The first-order valence-corrected chi connectivity index (χ1v) is 8.26. The van der Waals surface area contributed by atoms with E-state index >= 15 is 0 Å². The third-order valence-electron chi connectivity index (χ3n) is 4.26. The number of nitrogens with two attached hydrogens (primary N) is 1. The van der Waals surface area contributed by atoms with Gasteiger partial charge in [-0.1, -0.05) is 13.8 Å². The Hall–Kier alpha value is -0.130. The summed E-state index contributed by atoms with van der Waals surface area (Å²) in [5.74, 6) is 0.501. The summed E-state index contributed by atoms with van der Waals surface area (Å²) in [7, 11) is -2.88. The molecule has 1 aliphatic heterocycles. The molecule has 2 rings (SSSR count). The fourth-order valence-electron chi connectivity index (χ4n) is 3.24. The zero-order chi connectivity index (χ0) is 12.7. The maximum Gasteiger partial charge on any atom is 0.152 e. The molecule has 1 aliphatic carbocycles. The second-order valence-corrected chi connectivity index (χ2v) is 8.76. The van der Waals surface area contributed by atoms with Crippen molar-refractivity contribution in [3.05, 3.63) is 0 Å². The van der Waals surface area contributed by atoms with Gasteiger partial charge in [0.2, 0.25) is 0 Å². The molecule has 0 bridgehead atoms. The Bertz CT molecular complexity index is 391. The Kier molecular flexibility index (Phi) is 3.30. The third-order valence-corrected chi connectivity index (χ3v) is 6.08. The summed E-state index contributed by atoms with van der Waals surface area (Å²) in [4.78, 5) is 0. The van der Waals surface area contributed by atoms with Gasteiger partial charge in [0.05, 0.1) is 11.5 Å². The standard InChI is InChI=1S/C12H24N2O2S/c1-11(2)4-3-10(7-11)14-12(8-13)5-6-17(15,16)9-12/h10,14H,3-9,13H2,1-2H3. The molecule has 0 aromatic heterocycles. The van der Waals surface area contributed by atoms with Crippen LogP contribution >= 0.6 is 0 Å². The van der Waals surface area contributed by atoms with Crippen LogP contribution in [-0.4, -0.2) is 38.0 Å². The van der Waals surface area contributed by atoms with Gasteiger partial charge in [0.15, 0.2) is 9.84 Å². The van der Waals surface area contributed by atoms with E-state index in [9.17, 15) is 8.42 Å². The van der Waals surface area contributed by atoms with Gasteiger partial charge in [-0.05, 0) is 31.1 Å². The molecule has 1 saturated carbocycles. The maximum atomic E-state index is 11.6. The Morgan fingerprint density at radius 3 is 2.47 bits per heavy atom. The summed E-state index contributed by atoms with van der Waals surface area (Å²) in [5.41, 5.74) is 5.83. The highest BCUT2D eigenvalue weighted by Gasteiger charge is 2.44. The number of hydrogen-bond donors (Lipinski definition) is 2. The Morgan fingerprint density at radius 2 is 2.06 bits per heavy atom. The zero-order valence-corrected chi connectivity index (χ0v) is 11.6. The van der Waals surface area contributed by atoms with Crippen LogP contribution in [0.5, 0.6) is 0 Å². The number of hydrogen-bond acceptors (Lipinski definition) is 4. The highest BCUT2D eigenvalue weighted by molar-refractivity contribution is 7.91. The van der Waals surface area contributed by atoms with Gasteiger partial charge in [-0.2, -0.15) is 0 Å². The third kappa shape index (κ3) is 3.01. The predicted octanol–water partition coefficient (Wildman–Crippen LogP) is 0.671. The summed E-state index contributed by atoms with van der Waals surface area (Å²) in [6.07, 6.45) is 4.13. The molecule has 0 aromatic carbocycles. The van der Waals surface area contributed by atoms with Crippen LogP contribution in [0.25, 0.3) is 0 Å². The van der Waals surface area contributed by atoms with Gasteiger partial charge >= 0.3 is 0 Å². The van der Waals surface area contributed by atoms with Gasteiger partial charge in [0, 0.05) is 18.1 Å². The molecule has 100 valence electrons. The minimum Gasteiger partial charge on any atom is -0.329 e. The molecular weight excluding hydrogens is 236 g/mol. The monoisotopic (exact) mass is 260 g/mol. The summed E-state index contributed by atoms with van der Waals surface area (Å²) in [5, 5.41) is 3.55. The van der Waals surface area contributed by atoms with Gasteiger partial charge in [-0.15, -0.1) is 0 Å². The minimum atomic E-state index is -2.88. The van der Waals surface area contributed by atoms with Gasteiger partial charge in [-0.25, -0.2) is 8.42 Å². The smallest absolute Gasteiger partial charge is 0.152 e. The molecule has 0 amide bonds. The van der Waals surface area contributed by atoms with Crippen LogP contribution in [0.15, 0.2) is 0 Å². The zero-order valence-electron chi connectivity index (χ0n) is 10.8. The lowest BCUT2D eigenvalue weighted by atomic mass is 9.91. The number of rotatable bonds is 3. The van der Waals surface area contributed by atoms with E-state index in [-0.39, 0.29) is 17.0 Å². The summed E-state index contributed by atoms with van der Waals surface area (Å²) in [6, 6.07) is 0.432. The second-order valence-electron chi connectivity index (χ2n) is 6.57. The molecule has 3 N–H and O–H groups in total. The highest BCUT2D eigenvalue weighted by Crippen LogP contribution is 2.38. The van der Waals surface area contributed by atoms with Crippen LogP contribution in [0.4, 0.5) is 0 Å². The van der Waals surface area contributed by atoms with E-state index in [0.29, 0.717) is 24.4 Å². The fourth-order valence-corrected chi connectivity index (χ4v) is 5.28. The van der Waals surface area contributed by atoms with Crippen molar-refractivity contribution in [2.24, 2.45) is 11.1 Å². The Labute approximate surface area is 104 Å². The van der Waals surface area contributed by atoms with Crippen molar-refractivity contribution < 1.29 is 8.42 Å². The largest absolute Gasteiger partial charge is 0.329 e. The first kappa shape index (κ1) is 13.3. The molecular formula is C12H24N2O2S. The van der Waals surface area contributed by atoms with E-state index in [1.165, 1.54) is 6.42 Å². The Morgan fingerprint density at radius 1 is 1.35 bits per heavy atom. The van der Waals surface area contributed by atoms with Gasteiger partial charge in [0.25, 0.3) is 0 Å². The Balaban J connectivity index is 2.02. The molecule has 0 radical (unpaired) electrons. The van der Waals surface area contributed by atoms with Crippen LogP contribution in [0.3, 0.4) is 0 Å². The average molecular weight is 260 g/mol. The lowest BCUT2D eigenvalue weighted by Gasteiger charge is -2.32. The molecule has 17 heavy (non-hydrogen) atoms. The summed E-state index contributed by atoms with van der Waals surface area (Å²) >= 11 is 0. The average Bonchev–Trinajstić information content (AvgIpc) is 2.68. The number of nitrogens with one attached hydrogen (secondary N) is 1. The predicted molar refractivity (Wildman–Crippen MR) is 69.6 cm³/mol. The normalized spacial score (nSPS) is 39.6. The first-order chi connectivity index (χ1) is 7.76. The van der Waals surface area contributed by atoms with Gasteiger partial charge in [0.1, 0.15) is 0 Å². The van der Waals surface area contributed by atoms with Crippen LogP contribution in [0.2, 0.25) is 0 Å². The lowest BCUT2D eigenvalue weighted by Crippen LogP contribution is -2.55. The van der Waals surface area contributed by atoms with Crippen molar-refractivity contribution >= 4 is 9.84 Å². The molecule has 1 saturated heterocycles. The van der Waals surface area contributed by atoms with Crippen LogP contribution in [0, 0.1) is 5.41 Å². The SMILES string of the molecule is CC1(C)CCC(NC2(CN)CCS(=O)(=O)C2)C1. The van der Waals surface area contributed by atoms with E-state index in [2.05, 4.69) is 19.2 Å². The van der Waals surface area contributed by atoms with E-state index in [4.69, 9.17) is 5.73 Å². The van der Waals surface area contributed by atoms with Crippen molar-refractivity contribution in [1.29, 1.82) is 0 Å². The van der Waals surface area contributed by atoms with Crippen molar-refractivity contribution in [2.45, 2.75) is 51.1 Å². The van der Waals surface area contributed by atoms with E-state index in [1.54, 1.807) is 0 Å². The van der Waals surface area contributed by atoms with E-state index in [0.717, 1.165) is 12.8 Å². The minimum absolute atomic E-state index is 0.216. The van der Waals surface area contributed by atoms with Crippen LogP contribution < -0.4 is 11.1 Å². The van der Waals surface area contributed by atoms with Gasteiger partial charge in [-0.3, -0.25) is 0 Å². The van der Waals surface area contributed by atoms with E-state index in [1.807, 2.05) is 0 Å². The summed E-state index contributed by atoms with van der Waals surface area (Å²) < 4.78 is 23.2. The molecule has 4 nitrogen and oxygen atoms in total. The van der Waals surface area contributed by atoms with Crippen molar-refractivity contribution in [2.75, 3.05) is 18.1 Å². The quantitative estimate of drug-likeness (QED) is 0.782. The molecule has 0 aromatic rings. The molecule has 0 spiro atoms.